The van der Waals surface area contributed by atoms with Crippen molar-refractivity contribution in [3.63, 3.8) is 0 Å². The molecule has 618 valence electrons. The fourth-order valence-electron chi connectivity index (χ4n) is 14.4. The summed E-state index contributed by atoms with van der Waals surface area (Å²) in [7, 11) is 9.49. The lowest BCUT2D eigenvalue weighted by molar-refractivity contribution is 0.214. The Morgan fingerprint density at radius 2 is 0.911 bits per heavy atom. The minimum Gasteiger partial charge on any atom is -0.473 e. The number of aromatic nitrogens is 30. The maximum Gasteiger partial charge on any atom is 0.215 e. The van der Waals surface area contributed by atoms with Crippen LogP contribution in [0.3, 0.4) is 0 Å². The highest BCUT2D eigenvalue weighted by atomic mass is 32.1. The molecular formula is C80H77N37O2S4. The van der Waals surface area contributed by atoms with Crippen LogP contribution in [0, 0.1) is 13.8 Å². The van der Waals surface area contributed by atoms with Gasteiger partial charge in [0.1, 0.15) is 37.3 Å². The Kier molecular flexibility index (Phi) is 21.8. The van der Waals surface area contributed by atoms with Crippen LogP contribution >= 0.6 is 45.9 Å². The van der Waals surface area contributed by atoms with Gasteiger partial charge >= 0.3 is 0 Å². The van der Waals surface area contributed by atoms with Gasteiger partial charge < -0.3 is 46.5 Å². The predicted octanol–water partition coefficient (Wildman–Crippen LogP) is 13.2. The van der Waals surface area contributed by atoms with Crippen molar-refractivity contribution in [2.45, 2.75) is 45.1 Å². The third kappa shape index (κ3) is 16.6. The number of hydrogen-bond donors (Lipinski definition) is 7. The van der Waals surface area contributed by atoms with E-state index in [1.165, 1.54) is 53.0 Å². The average molecular weight is 1720 g/mol. The molecule has 0 bridgehead atoms. The van der Waals surface area contributed by atoms with Gasteiger partial charge in [0.05, 0.1) is 90.4 Å². The van der Waals surface area contributed by atoms with Gasteiger partial charge in [-0.2, -0.15) is 38.6 Å². The summed E-state index contributed by atoms with van der Waals surface area (Å²) in [5.41, 5.74) is 17.4. The molecule has 21 aromatic heterocycles. The van der Waals surface area contributed by atoms with E-state index in [2.05, 4.69) is 142 Å². The molecule has 23 heterocycles. The van der Waals surface area contributed by atoms with Crippen LogP contribution in [0.2, 0.25) is 0 Å². The summed E-state index contributed by atoms with van der Waals surface area (Å²) in [5, 5.41) is 54.7. The number of ether oxygens (including phenoxy) is 1. The number of pyridine rings is 1. The Morgan fingerprint density at radius 3 is 1.34 bits per heavy atom. The summed E-state index contributed by atoms with van der Waals surface area (Å²) >= 11 is 5.93. The molecule has 23 rings (SSSR count). The predicted molar refractivity (Wildman–Crippen MR) is 471 cm³/mol. The lowest BCUT2D eigenvalue weighted by atomic mass is 9.94. The van der Waals surface area contributed by atoms with Crippen molar-refractivity contribution in [2.24, 2.45) is 35.2 Å². The molecule has 43 heteroatoms. The van der Waals surface area contributed by atoms with Gasteiger partial charge in [0.25, 0.3) is 0 Å². The third-order valence-electron chi connectivity index (χ3n) is 20.3. The molecular weight excluding hydrogens is 1640 g/mol. The van der Waals surface area contributed by atoms with Crippen molar-refractivity contribution in [1.82, 2.24) is 155 Å². The summed E-state index contributed by atoms with van der Waals surface area (Å²) in [6, 6.07) is 7.74. The molecule has 2 aliphatic rings. The summed E-state index contributed by atoms with van der Waals surface area (Å²) in [5.74, 6) is 5.28. The SMILES string of the molecule is Cc1noc(C)c1Nc1nccn2c(-c3cnn(C)c3)cnc12.Cn1cc(-c2cnc3c(Nc4ccnc(O[C@H]5CCNC5)c4)nccn23)cn1.Cn1cc(-c2cnc3c(Nc4ccns4)nccn23)cn1.Cn1cc(-c2cnc3c(Nc4snc5sccc45)nccn23)cn1.Cn1cc(-c2cnc3c(Nc4sncc4C4CCCNC4)nccn23)cn1. The molecule has 0 amide bonds. The van der Waals surface area contributed by atoms with Crippen LogP contribution in [-0.2, 0) is 35.2 Å². The molecule has 123 heavy (non-hydrogen) atoms. The lowest BCUT2D eigenvalue weighted by Gasteiger charge is -2.22. The van der Waals surface area contributed by atoms with E-state index in [0.717, 1.165) is 165 Å². The van der Waals surface area contributed by atoms with Crippen molar-refractivity contribution in [1.29, 1.82) is 0 Å². The normalized spacial score (nSPS) is 13.8. The number of piperidine rings is 1. The van der Waals surface area contributed by atoms with Crippen LogP contribution in [0.4, 0.5) is 55.5 Å². The highest BCUT2D eigenvalue weighted by Gasteiger charge is 2.25. The molecule has 2 atom stereocenters. The molecule has 0 aliphatic carbocycles. The first-order valence-electron chi connectivity index (χ1n) is 38.8. The standard InChI is InChI=1S/C19H20N8O.C18H20N8S.C15H15N7O.C15H11N7S2.C13H11N7S/c1-26-12-13(9-24-26)16-11-23-19-18(22-6-7-27(16)19)25-14-2-5-21-17(8-14)28-15-3-4-20-10-15;1-25-11-13(8-22-25)15-10-21-17-16(20-5-6-26(15)17)24-18-14(9-23-27-18)12-3-2-4-19-7-12;1-9-13(10(2)23-20-9)19-14-15-17-7-12(22(15)5-4-16-14)11-6-18-21(3)8-11;1-21-8-9(6-18-21)11-7-17-13-12(16-3-4-22(11)13)19-14-10-2-5-23-15(10)20-24-14;1-19-8-9(6-16-19)10-7-15-13-12(14-4-5-20(10)13)18-11-2-3-17-21-11/h2,5-9,11-12,15,20H,3-4,10H2,1H3,(H,21,22,25);5-6,8-12,19H,2-4,7H2,1H3,(H,20,24);4-8H,1-3H3,(H,16,19);2-8H,1H3,(H,16,19);2-8H,1H3,(H,14,18)/t15-;;;;/m0..../s1. The molecule has 0 aromatic carbocycles. The van der Waals surface area contributed by atoms with E-state index in [9.17, 15) is 0 Å². The van der Waals surface area contributed by atoms with E-state index < -0.39 is 0 Å². The molecule has 1 unspecified atom stereocenters. The summed E-state index contributed by atoms with van der Waals surface area (Å²) in [4.78, 5) is 50.2. The number of hydrogen-bond acceptors (Lipinski definition) is 33. The van der Waals surface area contributed by atoms with Crippen LogP contribution in [-0.4, -0.2) is 176 Å². The number of imidazole rings is 5. The van der Waals surface area contributed by atoms with Gasteiger partial charge in [0.2, 0.25) is 5.88 Å². The van der Waals surface area contributed by atoms with E-state index in [4.69, 9.17) is 9.26 Å². The minimum absolute atomic E-state index is 0.165. The number of nitrogens with zero attached hydrogens (tertiary/aromatic N) is 30. The molecule has 0 saturated carbocycles. The van der Waals surface area contributed by atoms with Crippen molar-refractivity contribution in [2.75, 3.05) is 52.8 Å². The number of rotatable bonds is 18. The van der Waals surface area contributed by atoms with Crippen LogP contribution < -0.4 is 42.0 Å². The Morgan fingerprint density at radius 1 is 0.439 bits per heavy atom. The fraction of sp³-hybridized carbons (Fsp3) is 0.200. The van der Waals surface area contributed by atoms with Crippen molar-refractivity contribution in [3.8, 4) is 62.2 Å². The first-order chi connectivity index (χ1) is 60.3. The first-order valence-corrected chi connectivity index (χ1v) is 42.0. The van der Waals surface area contributed by atoms with Crippen molar-refractivity contribution >= 4 is 140 Å². The number of nitrogens with one attached hydrogen (secondary N) is 7. The lowest BCUT2D eigenvalue weighted by Crippen LogP contribution is -2.28. The number of thiophene rings is 1. The summed E-state index contributed by atoms with van der Waals surface area (Å²) in [6.45, 7) is 7.67. The zero-order chi connectivity index (χ0) is 83.4. The molecule has 21 aromatic rings. The highest BCUT2D eigenvalue weighted by molar-refractivity contribution is 7.21. The zero-order valence-corrected chi connectivity index (χ0v) is 70.3. The minimum atomic E-state index is 0.165. The molecule has 0 spiro atoms. The Bertz CT molecular complexity index is 7190. The van der Waals surface area contributed by atoms with Gasteiger partial charge in [0.15, 0.2) is 63.1 Å². The van der Waals surface area contributed by atoms with Crippen LogP contribution in [0.5, 0.6) is 5.88 Å². The summed E-state index contributed by atoms with van der Waals surface area (Å²) < 4.78 is 42.9. The van der Waals surface area contributed by atoms with Gasteiger partial charge in [-0.05, 0) is 104 Å². The van der Waals surface area contributed by atoms with Crippen molar-refractivity contribution < 1.29 is 9.26 Å². The fourth-order valence-corrected chi connectivity index (χ4v) is 17.3. The second-order valence-corrected chi connectivity index (χ2v) is 32.0. The second-order valence-electron chi connectivity index (χ2n) is 28.7. The molecule has 2 aliphatic heterocycles. The number of aryl methyl sites for hydroxylation is 7. The quantitative estimate of drug-likeness (QED) is 0.0419. The maximum absolute atomic E-state index is 5.94. The van der Waals surface area contributed by atoms with Crippen molar-refractivity contribution in [3.05, 3.63) is 220 Å². The Labute approximate surface area is 714 Å². The Hall–Kier alpha value is -14.9. The highest BCUT2D eigenvalue weighted by Crippen LogP contribution is 2.38. The van der Waals surface area contributed by atoms with E-state index >= 15 is 0 Å². The van der Waals surface area contributed by atoms with Gasteiger partial charge in [0, 0.05) is 216 Å². The van der Waals surface area contributed by atoms with Crippen LogP contribution in [0.15, 0.2) is 208 Å². The first kappa shape index (κ1) is 78.0. The molecule has 2 fully saturated rings. The van der Waals surface area contributed by atoms with Gasteiger partial charge in [-0.3, -0.25) is 45.4 Å². The smallest absolute Gasteiger partial charge is 0.215 e. The van der Waals surface area contributed by atoms with E-state index in [1.54, 1.807) is 78.1 Å². The summed E-state index contributed by atoms with van der Waals surface area (Å²) in [6.07, 6.45) is 55.4. The van der Waals surface area contributed by atoms with E-state index in [0.29, 0.717) is 40.8 Å². The van der Waals surface area contributed by atoms with E-state index in [1.807, 2.05) is 225 Å². The number of fused-ring (bicyclic) bond motifs is 6. The molecule has 7 N–H and O–H groups in total. The van der Waals surface area contributed by atoms with Crippen LogP contribution in [0.1, 0.15) is 42.2 Å². The van der Waals surface area contributed by atoms with Crippen LogP contribution in [0.25, 0.3) is 94.7 Å². The average Bonchev–Trinajstić information content (AvgIpc) is 1.66. The van der Waals surface area contributed by atoms with Gasteiger partial charge in [-0.15, -0.1) is 11.3 Å². The molecule has 39 nitrogen and oxygen atoms in total. The third-order valence-corrected chi connectivity index (χ3v) is 23.4. The monoisotopic (exact) mass is 1720 g/mol. The zero-order valence-electron chi connectivity index (χ0n) is 67.0. The van der Waals surface area contributed by atoms with Gasteiger partial charge in [-0.1, -0.05) is 5.16 Å². The molecule has 2 saturated heterocycles. The second kappa shape index (κ2) is 34.4. The maximum atomic E-state index is 5.94. The Balaban J connectivity index is 0.000000101. The topological polar surface area (TPSA) is 411 Å². The largest absolute Gasteiger partial charge is 0.473 e. The molecule has 0 radical (unpaired) electrons. The van der Waals surface area contributed by atoms with Gasteiger partial charge in [-0.25, -0.2) is 54.8 Å². The number of anilines is 10. The van der Waals surface area contributed by atoms with E-state index in [-0.39, 0.29) is 6.10 Å².